The molecule has 1 aliphatic rings. The van der Waals surface area contributed by atoms with E-state index in [1.54, 1.807) is 47.2 Å². The third-order valence-corrected chi connectivity index (χ3v) is 5.05. The van der Waals surface area contributed by atoms with Crippen LogP contribution in [0.2, 0.25) is 0 Å². The average Bonchev–Trinajstić information content (AvgIpc) is 3.08. The second kappa shape index (κ2) is 6.07. The first-order chi connectivity index (χ1) is 11.5. The Morgan fingerprint density at radius 3 is 2.58 bits per heavy atom. The molecule has 4 atom stereocenters. The number of rotatable bonds is 3. The van der Waals surface area contributed by atoms with Gasteiger partial charge in [-0.05, 0) is 22.4 Å². The van der Waals surface area contributed by atoms with E-state index >= 15 is 0 Å². The molecule has 2 heterocycles. The van der Waals surface area contributed by atoms with Crippen LogP contribution in [0.4, 0.5) is 0 Å². The van der Waals surface area contributed by atoms with E-state index in [1.807, 2.05) is 0 Å². The van der Waals surface area contributed by atoms with Crippen LogP contribution in [-0.2, 0) is 15.3 Å². The fraction of sp³-hybridized carbons (Fsp3) is 0.235. The molecule has 1 aliphatic heterocycles. The molecular formula is C17H15N3O3S. The van der Waals surface area contributed by atoms with Crippen LogP contribution in [0.15, 0.2) is 47.2 Å². The Balaban J connectivity index is 2.17. The molecular weight excluding hydrogens is 326 g/mol. The molecule has 0 aliphatic carbocycles. The summed E-state index contributed by atoms with van der Waals surface area (Å²) in [5, 5.41) is 26.8. The minimum atomic E-state index is -1.90. The summed E-state index contributed by atoms with van der Waals surface area (Å²) in [7, 11) is 0. The average molecular weight is 341 g/mol. The maximum atomic E-state index is 12.5. The third kappa shape index (κ3) is 2.46. The number of hydrogen-bond acceptors (Lipinski definition) is 5. The van der Waals surface area contributed by atoms with Crippen LogP contribution < -0.4 is 11.1 Å². The number of nitrogens with one attached hydrogen (secondary N) is 1. The fourth-order valence-electron chi connectivity index (χ4n) is 3.23. The standard InChI is InChI=1S/C17H15N3O3S/c18-8-12-13(10-6-7-24-9-10)14(15(19)21)16(22)20-17(12,23)11-4-2-1-3-5-11/h1-7,9,12-14,23H,(H2,19,21)(H,20,22)/t12-,13+,14+,17+/m1/s1. The Labute approximate surface area is 142 Å². The van der Waals surface area contributed by atoms with Gasteiger partial charge in [0.2, 0.25) is 11.8 Å². The van der Waals surface area contributed by atoms with E-state index < -0.39 is 35.3 Å². The Morgan fingerprint density at radius 2 is 2.04 bits per heavy atom. The number of carbonyl (C=O) groups is 2. The molecule has 2 aromatic rings. The molecule has 24 heavy (non-hydrogen) atoms. The maximum absolute atomic E-state index is 12.5. The zero-order chi connectivity index (χ0) is 17.3. The highest BCUT2D eigenvalue weighted by Crippen LogP contribution is 2.45. The van der Waals surface area contributed by atoms with Crippen molar-refractivity contribution in [3.05, 3.63) is 58.3 Å². The molecule has 7 heteroatoms. The van der Waals surface area contributed by atoms with E-state index in [2.05, 4.69) is 11.4 Å². The predicted molar refractivity (Wildman–Crippen MR) is 87.3 cm³/mol. The van der Waals surface area contributed by atoms with Crippen molar-refractivity contribution in [2.45, 2.75) is 11.6 Å². The molecule has 0 spiro atoms. The molecule has 3 rings (SSSR count). The number of benzene rings is 1. The first-order valence-corrected chi connectivity index (χ1v) is 8.24. The van der Waals surface area contributed by atoms with Gasteiger partial charge < -0.3 is 16.2 Å². The van der Waals surface area contributed by atoms with Gasteiger partial charge in [-0.1, -0.05) is 30.3 Å². The molecule has 1 saturated heterocycles. The molecule has 6 nitrogen and oxygen atoms in total. The lowest BCUT2D eigenvalue weighted by molar-refractivity contribution is -0.153. The SMILES string of the molecule is N#C[C@@H]1[C@H](c2ccsc2)[C@@H](C(N)=O)C(=O)N[C@]1(O)c1ccccc1. The van der Waals surface area contributed by atoms with Crippen LogP contribution >= 0.6 is 11.3 Å². The summed E-state index contributed by atoms with van der Waals surface area (Å²) in [5.74, 6) is -4.61. The van der Waals surface area contributed by atoms with Gasteiger partial charge in [-0.15, -0.1) is 0 Å². The molecule has 0 unspecified atom stereocenters. The number of nitrogens with two attached hydrogens (primary N) is 1. The quantitative estimate of drug-likeness (QED) is 0.723. The summed E-state index contributed by atoms with van der Waals surface area (Å²) < 4.78 is 0. The summed E-state index contributed by atoms with van der Waals surface area (Å²) >= 11 is 1.38. The molecule has 0 saturated carbocycles. The molecule has 0 bridgehead atoms. The molecule has 1 aromatic carbocycles. The minimum absolute atomic E-state index is 0.382. The number of carbonyl (C=O) groups excluding carboxylic acids is 2. The smallest absolute Gasteiger partial charge is 0.235 e. The third-order valence-electron chi connectivity index (χ3n) is 4.35. The summed E-state index contributed by atoms with van der Waals surface area (Å²) in [4.78, 5) is 24.4. The predicted octanol–water partition coefficient (Wildman–Crippen LogP) is 1.05. The number of thiophene rings is 1. The summed E-state index contributed by atoms with van der Waals surface area (Å²) in [5.41, 5.74) is 4.53. The Kier molecular flexibility index (Phi) is 4.09. The van der Waals surface area contributed by atoms with Gasteiger partial charge in [0.25, 0.3) is 0 Å². The lowest BCUT2D eigenvalue weighted by Gasteiger charge is -2.44. The largest absolute Gasteiger partial charge is 0.369 e. The van der Waals surface area contributed by atoms with Gasteiger partial charge in [0, 0.05) is 11.5 Å². The summed E-state index contributed by atoms with van der Waals surface area (Å²) in [6.45, 7) is 0. The summed E-state index contributed by atoms with van der Waals surface area (Å²) in [6.07, 6.45) is 0. The second-order valence-electron chi connectivity index (χ2n) is 5.69. The van der Waals surface area contributed by atoms with E-state index in [4.69, 9.17) is 5.73 Å². The Morgan fingerprint density at radius 1 is 1.33 bits per heavy atom. The van der Waals surface area contributed by atoms with Crippen LogP contribution in [0.25, 0.3) is 0 Å². The topological polar surface area (TPSA) is 116 Å². The van der Waals surface area contributed by atoms with E-state index in [1.165, 1.54) is 11.3 Å². The van der Waals surface area contributed by atoms with Crippen LogP contribution in [-0.4, -0.2) is 16.9 Å². The van der Waals surface area contributed by atoms with Crippen molar-refractivity contribution in [3.8, 4) is 6.07 Å². The van der Waals surface area contributed by atoms with Gasteiger partial charge in [-0.3, -0.25) is 9.59 Å². The van der Waals surface area contributed by atoms with E-state index in [0.717, 1.165) is 0 Å². The van der Waals surface area contributed by atoms with Crippen molar-refractivity contribution in [3.63, 3.8) is 0 Å². The van der Waals surface area contributed by atoms with Crippen LogP contribution in [0.3, 0.4) is 0 Å². The van der Waals surface area contributed by atoms with Crippen molar-refractivity contribution in [2.24, 2.45) is 17.6 Å². The lowest BCUT2D eigenvalue weighted by atomic mass is 9.68. The number of aliphatic hydroxyl groups is 1. The lowest BCUT2D eigenvalue weighted by Crippen LogP contribution is -2.62. The van der Waals surface area contributed by atoms with Crippen LogP contribution in [0, 0.1) is 23.2 Å². The number of nitrogens with zero attached hydrogens (tertiary/aromatic N) is 1. The number of primary amides is 1. The molecule has 1 fully saturated rings. The first kappa shape index (κ1) is 16.2. The maximum Gasteiger partial charge on any atom is 0.235 e. The van der Waals surface area contributed by atoms with Gasteiger partial charge in [-0.2, -0.15) is 16.6 Å². The van der Waals surface area contributed by atoms with Gasteiger partial charge in [0.1, 0.15) is 11.8 Å². The van der Waals surface area contributed by atoms with Crippen molar-refractivity contribution < 1.29 is 14.7 Å². The normalized spacial score (nSPS) is 29.5. The van der Waals surface area contributed by atoms with Crippen molar-refractivity contribution >= 4 is 23.2 Å². The van der Waals surface area contributed by atoms with Gasteiger partial charge >= 0.3 is 0 Å². The summed E-state index contributed by atoms with van der Waals surface area (Å²) in [6, 6.07) is 12.2. The highest BCUT2D eigenvalue weighted by atomic mass is 32.1. The van der Waals surface area contributed by atoms with Crippen molar-refractivity contribution in [2.75, 3.05) is 0 Å². The van der Waals surface area contributed by atoms with E-state index in [0.29, 0.717) is 11.1 Å². The van der Waals surface area contributed by atoms with Gasteiger partial charge in [-0.25, -0.2) is 0 Å². The molecule has 122 valence electrons. The van der Waals surface area contributed by atoms with Gasteiger partial charge in [0.05, 0.1) is 6.07 Å². The molecule has 1 aromatic heterocycles. The minimum Gasteiger partial charge on any atom is -0.369 e. The van der Waals surface area contributed by atoms with Crippen molar-refractivity contribution in [1.29, 1.82) is 5.26 Å². The van der Waals surface area contributed by atoms with Crippen LogP contribution in [0.5, 0.6) is 0 Å². The number of nitriles is 1. The second-order valence-corrected chi connectivity index (χ2v) is 6.47. The Bertz CT molecular complexity index is 800. The highest BCUT2D eigenvalue weighted by Gasteiger charge is 2.55. The fourth-order valence-corrected chi connectivity index (χ4v) is 3.94. The zero-order valence-electron chi connectivity index (χ0n) is 12.5. The van der Waals surface area contributed by atoms with E-state index in [-0.39, 0.29) is 0 Å². The number of amides is 2. The van der Waals surface area contributed by atoms with Gasteiger partial charge in [0.15, 0.2) is 5.72 Å². The highest BCUT2D eigenvalue weighted by molar-refractivity contribution is 7.08. The van der Waals surface area contributed by atoms with Crippen LogP contribution in [0.1, 0.15) is 17.0 Å². The molecule has 2 amide bonds. The van der Waals surface area contributed by atoms with E-state index in [9.17, 15) is 20.0 Å². The Hall–Kier alpha value is -2.69. The van der Waals surface area contributed by atoms with Crippen molar-refractivity contribution in [1.82, 2.24) is 5.32 Å². The molecule has 0 radical (unpaired) electrons. The number of hydrogen-bond donors (Lipinski definition) is 3. The molecule has 4 N–H and O–H groups in total. The monoisotopic (exact) mass is 341 g/mol. The number of piperidine rings is 1. The zero-order valence-corrected chi connectivity index (χ0v) is 13.4. The first-order valence-electron chi connectivity index (χ1n) is 7.30.